The molecule has 0 spiro atoms. The zero-order chi connectivity index (χ0) is 18.6. The fourth-order valence-corrected chi connectivity index (χ4v) is 5.87. The third kappa shape index (κ3) is 4.69. The van der Waals surface area contributed by atoms with Crippen LogP contribution in [0, 0.1) is 5.82 Å². The van der Waals surface area contributed by atoms with E-state index in [0.29, 0.717) is 28.7 Å². The van der Waals surface area contributed by atoms with E-state index in [1.807, 2.05) is 0 Å². The second kappa shape index (κ2) is 8.28. The van der Waals surface area contributed by atoms with Gasteiger partial charge in [0.05, 0.1) is 6.42 Å². The van der Waals surface area contributed by atoms with Crippen molar-refractivity contribution in [3.8, 4) is 0 Å². The first-order chi connectivity index (χ1) is 12.4. The molecule has 0 atom stereocenters. The van der Waals surface area contributed by atoms with Gasteiger partial charge in [0.25, 0.3) is 10.0 Å². The third-order valence-electron chi connectivity index (χ3n) is 4.28. The molecule has 0 bridgehead atoms. The average molecular weight is 397 g/mol. The highest BCUT2D eigenvalue weighted by atomic mass is 32.2. The quantitative estimate of drug-likeness (QED) is 0.816. The largest absolute Gasteiger partial charge is 0.352 e. The molecule has 1 fully saturated rings. The van der Waals surface area contributed by atoms with Crippen LogP contribution in [0.4, 0.5) is 4.39 Å². The van der Waals surface area contributed by atoms with E-state index < -0.39 is 10.0 Å². The van der Waals surface area contributed by atoms with Crippen LogP contribution in [0.5, 0.6) is 0 Å². The molecule has 1 aromatic heterocycles. The molecule has 2 aromatic rings. The Labute approximate surface area is 156 Å². The summed E-state index contributed by atoms with van der Waals surface area (Å²) in [6, 6.07) is 9.20. The first-order valence-electron chi connectivity index (χ1n) is 8.55. The Morgan fingerprint density at radius 1 is 1.08 bits per heavy atom. The molecule has 1 N–H and O–H groups in total. The fourth-order valence-electron chi connectivity index (χ4n) is 2.85. The van der Waals surface area contributed by atoms with E-state index in [0.717, 1.165) is 36.2 Å². The molecule has 3 rings (SSSR count). The number of piperidine rings is 1. The van der Waals surface area contributed by atoms with Gasteiger partial charge in [-0.3, -0.25) is 4.79 Å². The predicted octanol–water partition coefficient (Wildman–Crippen LogP) is 2.92. The van der Waals surface area contributed by atoms with E-state index in [2.05, 4.69) is 5.32 Å². The summed E-state index contributed by atoms with van der Waals surface area (Å²) in [5.74, 6) is -0.515. The summed E-state index contributed by atoms with van der Waals surface area (Å²) >= 11 is 1.15. The Balaban J connectivity index is 1.57. The van der Waals surface area contributed by atoms with Gasteiger partial charge in [-0.15, -0.1) is 11.3 Å². The second-order valence-corrected chi connectivity index (χ2v) is 9.60. The molecule has 1 aliphatic rings. The summed E-state index contributed by atoms with van der Waals surface area (Å²) in [5.41, 5.74) is 0.805. The molecule has 1 aliphatic heterocycles. The summed E-state index contributed by atoms with van der Waals surface area (Å²) < 4.78 is 39.9. The molecule has 140 valence electrons. The lowest BCUT2D eigenvalue weighted by atomic mass is 10.2. The van der Waals surface area contributed by atoms with Crippen molar-refractivity contribution in [1.29, 1.82) is 0 Å². The molecule has 8 heteroatoms. The highest BCUT2D eigenvalue weighted by Crippen LogP contribution is 2.27. The fraction of sp³-hybridized carbons (Fsp3) is 0.389. The summed E-state index contributed by atoms with van der Waals surface area (Å²) in [4.78, 5) is 12.8. The van der Waals surface area contributed by atoms with Crippen molar-refractivity contribution in [2.75, 3.05) is 13.1 Å². The van der Waals surface area contributed by atoms with Crippen molar-refractivity contribution in [2.45, 2.75) is 36.4 Å². The number of nitrogens with zero attached hydrogens (tertiary/aromatic N) is 1. The van der Waals surface area contributed by atoms with Crippen molar-refractivity contribution >= 4 is 27.3 Å². The van der Waals surface area contributed by atoms with Gasteiger partial charge in [-0.1, -0.05) is 18.6 Å². The van der Waals surface area contributed by atoms with Crippen LogP contribution in [0.15, 0.2) is 40.6 Å². The van der Waals surface area contributed by atoms with E-state index in [-0.39, 0.29) is 18.1 Å². The molecule has 0 unspecified atom stereocenters. The van der Waals surface area contributed by atoms with Gasteiger partial charge >= 0.3 is 0 Å². The van der Waals surface area contributed by atoms with Gasteiger partial charge in [-0.05, 0) is 42.7 Å². The Hall–Kier alpha value is -1.77. The number of rotatable bonds is 6. The second-order valence-electron chi connectivity index (χ2n) is 6.27. The molecular formula is C18H21FN2O3S2. The third-order valence-corrected chi connectivity index (χ3v) is 7.74. The predicted molar refractivity (Wildman–Crippen MR) is 98.9 cm³/mol. The van der Waals surface area contributed by atoms with Gasteiger partial charge in [0.2, 0.25) is 5.91 Å². The SMILES string of the molecule is O=C(Cc1ccc(S(=O)(=O)N2CCCCC2)s1)NCc1ccc(F)cc1. The molecule has 5 nitrogen and oxygen atoms in total. The first kappa shape index (κ1) is 19.0. The maximum Gasteiger partial charge on any atom is 0.252 e. The van der Waals surface area contributed by atoms with E-state index in [1.54, 1.807) is 24.3 Å². The number of hydrogen-bond acceptors (Lipinski definition) is 4. The number of carbonyl (C=O) groups excluding carboxylic acids is 1. The van der Waals surface area contributed by atoms with Crippen molar-refractivity contribution in [1.82, 2.24) is 9.62 Å². The Morgan fingerprint density at radius 2 is 1.77 bits per heavy atom. The van der Waals surface area contributed by atoms with Crippen LogP contribution < -0.4 is 5.32 Å². The van der Waals surface area contributed by atoms with Gasteiger partial charge in [0.15, 0.2) is 0 Å². The van der Waals surface area contributed by atoms with Crippen LogP contribution in [0.1, 0.15) is 29.7 Å². The first-order valence-corrected chi connectivity index (χ1v) is 10.8. The van der Waals surface area contributed by atoms with Gasteiger partial charge < -0.3 is 5.32 Å². The van der Waals surface area contributed by atoms with Crippen molar-refractivity contribution in [2.24, 2.45) is 0 Å². The minimum absolute atomic E-state index is 0.126. The Morgan fingerprint density at radius 3 is 2.46 bits per heavy atom. The molecule has 1 saturated heterocycles. The molecule has 1 aromatic carbocycles. The lowest BCUT2D eigenvalue weighted by molar-refractivity contribution is -0.120. The molecule has 2 heterocycles. The van der Waals surface area contributed by atoms with Crippen LogP contribution in [0.25, 0.3) is 0 Å². The number of sulfonamides is 1. The van der Waals surface area contributed by atoms with Crippen molar-refractivity contribution in [3.63, 3.8) is 0 Å². The van der Waals surface area contributed by atoms with Gasteiger partial charge in [-0.2, -0.15) is 4.31 Å². The zero-order valence-corrected chi connectivity index (χ0v) is 15.9. The lowest BCUT2D eigenvalue weighted by Crippen LogP contribution is -2.35. The summed E-state index contributed by atoms with van der Waals surface area (Å²) in [5, 5.41) is 2.76. The number of hydrogen-bond donors (Lipinski definition) is 1. The van der Waals surface area contributed by atoms with Crippen LogP contribution in [0.2, 0.25) is 0 Å². The Bertz CT molecular complexity index is 857. The summed E-state index contributed by atoms with van der Waals surface area (Å²) in [6.07, 6.45) is 2.98. The highest BCUT2D eigenvalue weighted by molar-refractivity contribution is 7.91. The lowest BCUT2D eigenvalue weighted by Gasteiger charge is -2.25. The molecule has 0 radical (unpaired) electrons. The smallest absolute Gasteiger partial charge is 0.252 e. The molecule has 26 heavy (non-hydrogen) atoms. The highest BCUT2D eigenvalue weighted by Gasteiger charge is 2.27. The van der Waals surface area contributed by atoms with E-state index in [1.165, 1.54) is 16.4 Å². The molecule has 0 aliphatic carbocycles. The summed E-state index contributed by atoms with van der Waals surface area (Å²) in [6.45, 7) is 1.44. The Kier molecular flexibility index (Phi) is 6.05. The minimum Gasteiger partial charge on any atom is -0.352 e. The molecular weight excluding hydrogens is 375 g/mol. The topological polar surface area (TPSA) is 66.5 Å². The van der Waals surface area contributed by atoms with Crippen LogP contribution in [0.3, 0.4) is 0 Å². The molecule has 0 saturated carbocycles. The van der Waals surface area contributed by atoms with E-state index in [4.69, 9.17) is 0 Å². The van der Waals surface area contributed by atoms with E-state index in [9.17, 15) is 17.6 Å². The standard InChI is InChI=1S/C18H21FN2O3S2/c19-15-6-4-14(5-7-15)13-20-17(22)12-16-8-9-18(25-16)26(23,24)21-10-2-1-3-11-21/h4-9H,1-3,10-13H2,(H,20,22). The number of benzene rings is 1. The summed E-state index contributed by atoms with van der Waals surface area (Å²) in [7, 11) is -3.45. The van der Waals surface area contributed by atoms with Gasteiger partial charge in [0, 0.05) is 24.5 Å². The molecule has 1 amide bonds. The normalized spacial score (nSPS) is 15.7. The monoisotopic (exact) mass is 396 g/mol. The number of nitrogens with one attached hydrogen (secondary N) is 1. The van der Waals surface area contributed by atoms with Crippen LogP contribution in [-0.2, 0) is 27.8 Å². The van der Waals surface area contributed by atoms with Crippen molar-refractivity contribution in [3.05, 3.63) is 52.7 Å². The van der Waals surface area contributed by atoms with Crippen molar-refractivity contribution < 1.29 is 17.6 Å². The number of thiophene rings is 1. The van der Waals surface area contributed by atoms with Crippen LogP contribution >= 0.6 is 11.3 Å². The van der Waals surface area contributed by atoms with E-state index >= 15 is 0 Å². The number of carbonyl (C=O) groups is 1. The minimum atomic E-state index is -3.45. The average Bonchev–Trinajstić information content (AvgIpc) is 3.11. The number of halogens is 1. The maximum atomic E-state index is 12.9. The maximum absolute atomic E-state index is 12.9. The van der Waals surface area contributed by atoms with Gasteiger partial charge in [-0.25, -0.2) is 12.8 Å². The number of amides is 1. The zero-order valence-electron chi connectivity index (χ0n) is 14.3. The van der Waals surface area contributed by atoms with Crippen LogP contribution in [-0.4, -0.2) is 31.7 Å². The van der Waals surface area contributed by atoms with Gasteiger partial charge in [0.1, 0.15) is 10.0 Å².